The first-order valence-corrected chi connectivity index (χ1v) is 6.37. The zero-order valence-electron chi connectivity index (χ0n) is 10.8. The van der Waals surface area contributed by atoms with Gasteiger partial charge in [0.1, 0.15) is 0 Å². The molecular weight excluding hydrogens is 218 g/mol. The summed E-state index contributed by atoms with van der Waals surface area (Å²) in [6, 6.07) is 0. The van der Waals surface area contributed by atoms with Crippen LogP contribution in [0.5, 0.6) is 0 Å². The Labute approximate surface area is 103 Å². The van der Waals surface area contributed by atoms with E-state index in [-0.39, 0.29) is 0 Å². The van der Waals surface area contributed by atoms with Gasteiger partial charge < -0.3 is 9.84 Å². The molecule has 1 fully saturated rings. The van der Waals surface area contributed by atoms with Gasteiger partial charge in [-0.2, -0.15) is 0 Å². The summed E-state index contributed by atoms with van der Waals surface area (Å²) in [5.41, 5.74) is 0.418. The summed E-state index contributed by atoms with van der Waals surface area (Å²) < 4.78 is 5.74. The second-order valence-corrected chi connectivity index (χ2v) is 4.59. The third kappa shape index (κ3) is 5.33. The first kappa shape index (κ1) is 14.2. The number of carboxylic acid groups (broad SMARTS) is 1. The van der Waals surface area contributed by atoms with Crippen LogP contribution in [0.1, 0.15) is 33.1 Å². The average Bonchev–Trinajstić information content (AvgIpc) is 2.33. The average molecular weight is 241 g/mol. The minimum Gasteiger partial charge on any atom is -0.478 e. The van der Waals surface area contributed by atoms with Crippen molar-refractivity contribution >= 4 is 5.97 Å². The molecule has 0 aliphatic carbocycles. The number of hydrogen-bond donors (Lipinski definition) is 1. The lowest BCUT2D eigenvalue weighted by molar-refractivity contribution is -0.132. The number of piperidine rings is 1. The molecule has 0 aromatic heterocycles. The molecule has 1 saturated heterocycles. The highest BCUT2D eigenvalue weighted by Crippen LogP contribution is 2.13. The van der Waals surface area contributed by atoms with Gasteiger partial charge in [-0.05, 0) is 32.7 Å². The molecule has 0 saturated carbocycles. The van der Waals surface area contributed by atoms with E-state index in [0.29, 0.717) is 18.2 Å². The minimum absolute atomic E-state index is 0.322. The Morgan fingerprint density at radius 3 is 3.00 bits per heavy atom. The van der Waals surface area contributed by atoms with E-state index in [4.69, 9.17) is 9.84 Å². The van der Waals surface area contributed by atoms with Crippen LogP contribution in [0.3, 0.4) is 0 Å². The Morgan fingerprint density at radius 2 is 2.35 bits per heavy atom. The molecule has 0 radical (unpaired) electrons. The summed E-state index contributed by atoms with van der Waals surface area (Å²) in [6.45, 7) is 7.24. The lowest BCUT2D eigenvalue weighted by Crippen LogP contribution is -2.39. The van der Waals surface area contributed by atoms with Crippen molar-refractivity contribution in [2.75, 3.05) is 26.2 Å². The normalized spacial score (nSPS) is 22.7. The van der Waals surface area contributed by atoms with Gasteiger partial charge in [-0.3, -0.25) is 4.90 Å². The van der Waals surface area contributed by atoms with Gasteiger partial charge in [-0.1, -0.05) is 13.0 Å². The fourth-order valence-corrected chi connectivity index (χ4v) is 1.95. The highest BCUT2D eigenvalue weighted by molar-refractivity contribution is 5.85. The van der Waals surface area contributed by atoms with Gasteiger partial charge in [0, 0.05) is 25.3 Å². The van der Waals surface area contributed by atoms with Gasteiger partial charge in [0.05, 0.1) is 6.10 Å². The molecule has 98 valence electrons. The second kappa shape index (κ2) is 7.45. The van der Waals surface area contributed by atoms with Crippen molar-refractivity contribution in [3.05, 3.63) is 11.6 Å². The van der Waals surface area contributed by atoms with Crippen molar-refractivity contribution in [1.82, 2.24) is 4.90 Å². The monoisotopic (exact) mass is 241 g/mol. The molecule has 1 heterocycles. The topological polar surface area (TPSA) is 49.8 Å². The summed E-state index contributed by atoms with van der Waals surface area (Å²) in [5.74, 6) is -0.833. The molecule has 17 heavy (non-hydrogen) atoms. The van der Waals surface area contributed by atoms with Gasteiger partial charge in [0.25, 0.3) is 0 Å². The van der Waals surface area contributed by atoms with E-state index in [1.54, 1.807) is 13.0 Å². The van der Waals surface area contributed by atoms with Crippen LogP contribution in [0.2, 0.25) is 0 Å². The van der Waals surface area contributed by atoms with Crippen LogP contribution in [0.25, 0.3) is 0 Å². The van der Waals surface area contributed by atoms with Crippen LogP contribution in [0.4, 0.5) is 0 Å². The Hall–Kier alpha value is -0.870. The van der Waals surface area contributed by atoms with Crippen LogP contribution >= 0.6 is 0 Å². The van der Waals surface area contributed by atoms with Crippen molar-refractivity contribution in [2.45, 2.75) is 39.2 Å². The van der Waals surface area contributed by atoms with E-state index in [1.807, 2.05) is 0 Å². The smallest absolute Gasteiger partial charge is 0.330 e. The summed E-state index contributed by atoms with van der Waals surface area (Å²) in [5, 5.41) is 8.77. The molecule has 1 unspecified atom stereocenters. The molecule has 0 bridgehead atoms. The number of nitrogens with zero attached hydrogens (tertiary/aromatic N) is 1. The van der Waals surface area contributed by atoms with Crippen LogP contribution in [-0.2, 0) is 9.53 Å². The Bertz CT molecular complexity index is 276. The summed E-state index contributed by atoms with van der Waals surface area (Å²) in [7, 11) is 0. The van der Waals surface area contributed by atoms with E-state index in [0.717, 1.165) is 39.0 Å². The zero-order chi connectivity index (χ0) is 12.7. The van der Waals surface area contributed by atoms with E-state index in [1.165, 1.54) is 0 Å². The van der Waals surface area contributed by atoms with Crippen LogP contribution < -0.4 is 0 Å². The molecular formula is C13H23NO3. The van der Waals surface area contributed by atoms with Crippen LogP contribution in [-0.4, -0.2) is 48.3 Å². The summed E-state index contributed by atoms with van der Waals surface area (Å²) in [6.07, 6.45) is 5.41. The van der Waals surface area contributed by atoms with Crippen LogP contribution in [0.15, 0.2) is 11.6 Å². The van der Waals surface area contributed by atoms with Gasteiger partial charge in [-0.25, -0.2) is 4.79 Å². The fraction of sp³-hybridized carbons (Fsp3) is 0.769. The Kier molecular flexibility index (Phi) is 6.22. The van der Waals surface area contributed by atoms with E-state index < -0.39 is 5.97 Å². The largest absolute Gasteiger partial charge is 0.478 e. The lowest BCUT2D eigenvalue weighted by Gasteiger charge is -2.31. The number of hydrogen-bond acceptors (Lipinski definition) is 3. The molecule has 1 atom stereocenters. The van der Waals surface area contributed by atoms with Gasteiger partial charge in [0.2, 0.25) is 0 Å². The lowest BCUT2D eigenvalue weighted by atomic mass is 10.1. The van der Waals surface area contributed by atoms with Gasteiger partial charge in [0.15, 0.2) is 0 Å². The standard InChI is InChI=1S/C13H23NO3/c1-3-9-17-12-5-4-7-14(10-12)8-6-11(2)13(15)16/h6,12H,3-5,7-10H2,1-2H3,(H,15,16). The minimum atomic E-state index is -0.833. The zero-order valence-corrected chi connectivity index (χ0v) is 10.8. The Morgan fingerprint density at radius 1 is 1.59 bits per heavy atom. The van der Waals surface area contributed by atoms with Crippen molar-refractivity contribution in [3.8, 4) is 0 Å². The Balaban J connectivity index is 2.34. The number of likely N-dealkylation sites (tertiary alicyclic amines) is 1. The molecule has 0 aromatic rings. The molecule has 1 rings (SSSR count). The number of carboxylic acids is 1. The van der Waals surface area contributed by atoms with Crippen molar-refractivity contribution in [3.63, 3.8) is 0 Å². The molecule has 0 aromatic carbocycles. The second-order valence-electron chi connectivity index (χ2n) is 4.59. The molecule has 4 heteroatoms. The molecule has 4 nitrogen and oxygen atoms in total. The summed E-state index contributed by atoms with van der Waals surface area (Å²) in [4.78, 5) is 12.9. The molecule has 1 N–H and O–H groups in total. The predicted molar refractivity (Wildman–Crippen MR) is 67.1 cm³/mol. The maximum absolute atomic E-state index is 10.7. The maximum Gasteiger partial charge on any atom is 0.330 e. The molecule has 1 aliphatic heterocycles. The number of rotatable bonds is 6. The third-order valence-electron chi connectivity index (χ3n) is 3.01. The predicted octanol–water partition coefficient (Wildman–Crippen LogP) is 1.91. The van der Waals surface area contributed by atoms with E-state index >= 15 is 0 Å². The quantitative estimate of drug-likeness (QED) is 0.722. The summed E-state index contributed by atoms with van der Waals surface area (Å²) >= 11 is 0. The van der Waals surface area contributed by atoms with E-state index in [2.05, 4.69) is 11.8 Å². The van der Waals surface area contributed by atoms with Crippen molar-refractivity contribution < 1.29 is 14.6 Å². The van der Waals surface area contributed by atoms with Crippen molar-refractivity contribution in [1.29, 1.82) is 0 Å². The fourth-order valence-electron chi connectivity index (χ4n) is 1.95. The number of ether oxygens (including phenoxy) is 1. The maximum atomic E-state index is 10.7. The number of aliphatic carboxylic acids is 1. The molecule has 0 spiro atoms. The van der Waals surface area contributed by atoms with Crippen LogP contribution in [0, 0.1) is 0 Å². The SMILES string of the molecule is CCCOC1CCCN(CC=C(C)C(=O)O)C1. The molecule has 0 amide bonds. The first-order valence-electron chi connectivity index (χ1n) is 6.37. The molecule has 1 aliphatic rings. The van der Waals surface area contributed by atoms with Gasteiger partial charge in [-0.15, -0.1) is 0 Å². The van der Waals surface area contributed by atoms with Gasteiger partial charge >= 0.3 is 5.97 Å². The highest BCUT2D eigenvalue weighted by atomic mass is 16.5. The number of carbonyl (C=O) groups is 1. The highest BCUT2D eigenvalue weighted by Gasteiger charge is 2.19. The van der Waals surface area contributed by atoms with E-state index in [9.17, 15) is 4.79 Å². The third-order valence-corrected chi connectivity index (χ3v) is 3.01. The first-order chi connectivity index (χ1) is 8.13. The van der Waals surface area contributed by atoms with Crippen molar-refractivity contribution in [2.24, 2.45) is 0 Å².